The zero-order valence-electron chi connectivity index (χ0n) is 10.9. The van der Waals surface area contributed by atoms with Crippen LogP contribution in [0, 0.1) is 23.1 Å². The molecule has 0 amide bonds. The molecule has 0 aliphatic rings. The monoisotopic (exact) mass is 312 g/mol. The molecule has 2 nitrogen and oxygen atoms in total. The van der Waals surface area contributed by atoms with Gasteiger partial charge in [-0.3, -0.25) is 0 Å². The van der Waals surface area contributed by atoms with Gasteiger partial charge in [-0.05, 0) is 47.3 Å². The van der Waals surface area contributed by atoms with Gasteiger partial charge in [0.1, 0.15) is 6.07 Å². The smallest absolute Gasteiger partial charge is 0.161 e. The second-order valence-electron chi connectivity index (χ2n) is 4.69. The van der Waals surface area contributed by atoms with Gasteiger partial charge in [0.15, 0.2) is 5.82 Å². The van der Waals surface area contributed by atoms with Gasteiger partial charge in [-0.15, -0.1) is 0 Å². The van der Waals surface area contributed by atoms with Crippen LogP contribution in [0.25, 0.3) is 0 Å². The highest BCUT2D eigenvalue weighted by atomic mass is 79.9. The third-order valence-corrected chi connectivity index (χ3v) is 3.83. The molecular formula is C14H18BrFN2. The molecule has 1 aromatic rings. The van der Waals surface area contributed by atoms with Gasteiger partial charge in [0, 0.05) is 6.04 Å². The van der Waals surface area contributed by atoms with Gasteiger partial charge >= 0.3 is 0 Å². The van der Waals surface area contributed by atoms with Gasteiger partial charge in [-0.2, -0.15) is 5.26 Å². The molecule has 0 bridgehead atoms. The number of hydrogen-bond acceptors (Lipinski definition) is 2. The van der Waals surface area contributed by atoms with Crippen molar-refractivity contribution in [3.63, 3.8) is 0 Å². The van der Waals surface area contributed by atoms with Crippen LogP contribution in [-0.4, -0.2) is 6.04 Å². The van der Waals surface area contributed by atoms with Crippen molar-refractivity contribution in [2.24, 2.45) is 5.92 Å². The first-order valence-corrected chi connectivity index (χ1v) is 6.93. The number of hydrogen-bond donors (Lipinski definition) is 1. The molecule has 1 rings (SSSR count). The van der Waals surface area contributed by atoms with Crippen molar-refractivity contribution < 1.29 is 4.39 Å². The summed E-state index contributed by atoms with van der Waals surface area (Å²) in [7, 11) is 0. The molecule has 0 saturated heterocycles. The minimum atomic E-state index is -0.398. The Labute approximate surface area is 116 Å². The average molecular weight is 313 g/mol. The SMILES string of the molecule is CCC(C)CC(C)Nc1ccc(C#N)c(Br)c1F. The zero-order valence-corrected chi connectivity index (χ0v) is 12.5. The molecular weight excluding hydrogens is 295 g/mol. The van der Waals surface area contributed by atoms with E-state index < -0.39 is 5.82 Å². The molecule has 4 heteroatoms. The summed E-state index contributed by atoms with van der Waals surface area (Å²) in [4.78, 5) is 0. The van der Waals surface area contributed by atoms with Crippen molar-refractivity contribution in [1.82, 2.24) is 0 Å². The Morgan fingerprint density at radius 2 is 2.11 bits per heavy atom. The van der Waals surface area contributed by atoms with E-state index in [1.165, 1.54) is 0 Å². The molecule has 0 aromatic heterocycles. The summed E-state index contributed by atoms with van der Waals surface area (Å²) >= 11 is 3.11. The number of nitrogens with one attached hydrogen (secondary N) is 1. The Morgan fingerprint density at radius 1 is 1.44 bits per heavy atom. The summed E-state index contributed by atoms with van der Waals surface area (Å²) in [6.07, 6.45) is 2.11. The van der Waals surface area contributed by atoms with Crippen LogP contribution in [0.1, 0.15) is 39.2 Å². The van der Waals surface area contributed by atoms with Crippen LogP contribution >= 0.6 is 15.9 Å². The normalized spacial score (nSPS) is 13.8. The lowest BCUT2D eigenvalue weighted by Crippen LogP contribution is -2.19. The Balaban J connectivity index is 2.80. The van der Waals surface area contributed by atoms with Crippen molar-refractivity contribution in [2.45, 2.75) is 39.7 Å². The number of halogens is 2. The number of benzene rings is 1. The standard InChI is InChI=1S/C14H18BrFN2/c1-4-9(2)7-10(3)18-12-6-5-11(8-17)13(15)14(12)16/h5-6,9-10,18H,4,7H2,1-3H3. The van der Waals surface area contributed by atoms with E-state index in [9.17, 15) is 4.39 Å². The fourth-order valence-corrected chi connectivity index (χ4v) is 2.28. The number of nitriles is 1. The molecule has 0 radical (unpaired) electrons. The first kappa shape index (κ1) is 15.0. The van der Waals surface area contributed by atoms with Crippen LogP contribution in [0.3, 0.4) is 0 Å². The summed E-state index contributed by atoms with van der Waals surface area (Å²) in [5.74, 6) is 0.211. The van der Waals surface area contributed by atoms with E-state index in [2.05, 4.69) is 35.1 Å². The van der Waals surface area contributed by atoms with Gasteiger partial charge in [0.05, 0.1) is 15.7 Å². The Bertz CT molecular complexity index is 454. The van der Waals surface area contributed by atoms with E-state index >= 15 is 0 Å². The van der Waals surface area contributed by atoms with Crippen LogP contribution in [0.15, 0.2) is 16.6 Å². The first-order valence-electron chi connectivity index (χ1n) is 6.14. The van der Waals surface area contributed by atoms with Crippen molar-refractivity contribution in [3.05, 3.63) is 28.0 Å². The van der Waals surface area contributed by atoms with E-state index in [1.807, 2.05) is 13.0 Å². The maximum Gasteiger partial charge on any atom is 0.161 e. The van der Waals surface area contributed by atoms with Crippen LogP contribution < -0.4 is 5.32 Å². The van der Waals surface area contributed by atoms with Crippen LogP contribution in [-0.2, 0) is 0 Å². The number of nitrogens with zero attached hydrogens (tertiary/aromatic N) is 1. The Hall–Kier alpha value is -1.08. The van der Waals surface area contributed by atoms with E-state index in [-0.39, 0.29) is 10.5 Å². The van der Waals surface area contributed by atoms with Gasteiger partial charge < -0.3 is 5.32 Å². The molecule has 1 aromatic carbocycles. The van der Waals surface area contributed by atoms with Crippen molar-refractivity contribution in [3.8, 4) is 6.07 Å². The summed E-state index contributed by atoms with van der Waals surface area (Å²) in [6, 6.07) is 5.38. The zero-order chi connectivity index (χ0) is 13.7. The van der Waals surface area contributed by atoms with Gasteiger partial charge in [-0.25, -0.2) is 4.39 Å². The lowest BCUT2D eigenvalue weighted by atomic mass is 10.00. The Kier molecular flexibility index (Phi) is 5.61. The van der Waals surface area contributed by atoms with Crippen LogP contribution in [0.4, 0.5) is 10.1 Å². The summed E-state index contributed by atoms with van der Waals surface area (Å²) < 4.78 is 14.2. The van der Waals surface area contributed by atoms with E-state index in [4.69, 9.17) is 5.26 Å². The second kappa shape index (κ2) is 6.75. The molecule has 0 saturated carbocycles. The molecule has 0 heterocycles. The summed E-state index contributed by atoms with van der Waals surface area (Å²) in [5, 5.41) is 12.0. The number of anilines is 1. The summed E-state index contributed by atoms with van der Waals surface area (Å²) in [5.41, 5.74) is 0.754. The molecule has 2 unspecified atom stereocenters. The number of rotatable bonds is 5. The molecule has 18 heavy (non-hydrogen) atoms. The highest BCUT2D eigenvalue weighted by Gasteiger charge is 2.13. The van der Waals surface area contributed by atoms with Gasteiger partial charge in [0.2, 0.25) is 0 Å². The predicted octanol–water partition coefficient (Wildman–Crippen LogP) is 4.70. The third kappa shape index (κ3) is 3.71. The van der Waals surface area contributed by atoms with Crippen molar-refractivity contribution in [1.29, 1.82) is 5.26 Å². The fourth-order valence-electron chi connectivity index (χ4n) is 1.84. The maximum absolute atomic E-state index is 14.0. The van der Waals surface area contributed by atoms with Crippen molar-refractivity contribution in [2.75, 3.05) is 5.32 Å². The van der Waals surface area contributed by atoms with E-state index in [1.54, 1.807) is 12.1 Å². The van der Waals surface area contributed by atoms with Crippen LogP contribution in [0.2, 0.25) is 0 Å². The molecule has 98 valence electrons. The minimum absolute atomic E-state index is 0.203. The fraction of sp³-hybridized carbons (Fsp3) is 0.500. The average Bonchev–Trinajstić information content (AvgIpc) is 2.35. The minimum Gasteiger partial charge on any atom is -0.380 e. The lowest BCUT2D eigenvalue weighted by Gasteiger charge is -2.19. The maximum atomic E-state index is 14.0. The highest BCUT2D eigenvalue weighted by Crippen LogP contribution is 2.27. The van der Waals surface area contributed by atoms with E-state index in [0.29, 0.717) is 17.2 Å². The molecule has 0 spiro atoms. The quantitative estimate of drug-likeness (QED) is 0.855. The third-order valence-electron chi connectivity index (χ3n) is 3.06. The van der Waals surface area contributed by atoms with Gasteiger partial charge in [0.25, 0.3) is 0 Å². The molecule has 2 atom stereocenters. The topological polar surface area (TPSA) is 35.8 Å². The summed E-state index contributed by atoms with van der Waals surface area (Å²) in [6.45, 7) is 6.37. The molecule has 0 aliphatic carbocycles. The van der Waals surface area contributed by atoms with Crippen LogP contribution in [0.5, 0.6) is 0 Å². The lowest BCUT2D eigenvalue weighted by molar-refractivity contribution is 0.482. The van der Waals surface area contributed by atoms with Gasteiger partial charge in [-0.1, -0.05) is 20.3 Å². The predicted molar refractivity (Wildman–Crippen MR) is 76.0 cm³/mol. The molecule has 0 fully saturated rings. The first-order chi connectivity index (χ1) is 8.49. The Morgan fingerprint density at radius 3 is 2.67 bits per heavy atom. The van der Waals surface area contributed by atoms with Crippen molar-refractivity contribution >= 4 is 21.6 Å². The van der Waals surface area contributed by atoms with E-state index in [0.717, 1.165) is 12.8 Å². The second-order valence-corrected chi connectivity index (χ2v) is 5.49. The molecule has 1 N–H and O–H groups in total. The highest BCUT2D eigenvalue weighted by molar-refractivity contribution is 9.10. The largest absolute Gasteiger partial charge is 0.380 e. The molecule has 0 aliphatic heterocycles.